The van der Waals surface area contributed by atoms with E-state index in [0.29, 0.717) is 29.9 Å². The van der Waals surface area contributed by atoms with Gasteiger partial charge in [-0.15, -0.1) is 0 Å². The topological polar surface area (TPSA) is 67.6 Å². The molecule has 0 atom stereocenters. The van der Waals surface area contributed by atoms with Crippen molar-refractivity contribution in [3.63, 3.8) is 0 Å². The number of hydrogen-bond donors (Lipinski definition) is 1. The largest absolute Gasteiger partial charge is 0.383 e. The summed E-state index contributed by atoms with van der Waals surface area (Å²) < 4.78 is 14.2. The van der Waals surface area contributed by atoms with Crippen molar-refractivity contribution in [2.75, 3.05) is 5.73 Å². The van der Waals surface area contributed by atoms with Gasteiger partial charge in [-0.25, -0.2) is 4.39 Å². The number of nitrogens with zero attached hydrogens (tertiary/aromatic N) is 3. The second-order valence-corrected chi connectivity index (χ2v) is 4.07. The molecule has 1 aromatic carbocycles. The number of anilines is 1. The van der Waals surface area contributed by atoms with E-state index in [1.807, 2.05) is 0 Å². The van der Waals surface area contributed by atoms with Gasteiger partial charge >= 0.3 is 0 Å². The molecule has 0 saturated heterocycles. The lowest BCUT2D eigenvalue weighted by Gasteiger charge is -1.99. The number of aromatic nitrogens is 2. The van der Waals surface area contributed by atoms with Gasteiger partial charge in [0.05, 0.1) is 5.69 Å². The van der Waals surface area contributed by atoms with Gasteiger partial charge in [-0.2, -0.15) is 10.4 Å². The summed E-state index contributed by atoms with van der Waals surface area (Å²) in [6.45, 7) is 0. The first-order valence-corrected chi connectivity index (χ1v) is 5.57. The molecule has 0 spiro atoms. The van der Waals surface area contributed by atoms with Gasteiger partial charge in [0.1, 0.15) is 23.3 Å². The molecule has 2 N–H and O–H groups in total. The highest BCUT2D eigenvalue weighted by Gasteiger charge is 2.12. The lowest BCUT2D eigenvalue weighted by atomic mass is 10.1. The van der Waals surface area contributed by atoms with E-state index in [4.69, 9.17) is 11.0 Å². The van der Waals surface area contributed by atoms with Gasteiger partial charge < -0.3 is 5.73 Å². The summed E-state index contributed by atoms with van der Waals surface area (Å²) in [6, 6.07) is 8.37. The molecule has 2 rings (SSSR count). The highest BCUT2D eigenvalue weighted by Crippen LogP contribution is 2.16. The third-order valence-corrected chi connectivity index (χ3v) is 2.84. The van der Waals surface area contributed by atoms with Crippen LogP contribution in [-0.2, 0) is 19.9 Å². The summed E-state index contributed by atoms with van der Waals surface area (Å²) in [7, 11) is 1.71. The Balaban J connectivity index is 2.13. The van der Waals surface area contributed by atoms with Gasteiger partial charge in [-0.1, -0.05) is 12.1 Å². The zero-order valence-electron chi connectivity index (χ0n) is 10.0. The summed E-state index contributed by atoms with van der Waals surface area (Å²) >= 11 is 0. The summed E-state index contributed by atoms with van der Waals surface area (Å²) in [5, 5.41) is 13.2. The zero-order chi connectivity index (χ0) is 13.1. The Kier molecular flexibility index (Phi) is 3.28. The predicted molar refractivity (Wildman–Crippen MR) is 66.1 cm³/mol. The fraction of sp³-hybridized carbons (Fsp3) is 0.231. The van der Waals surface area contributed by atoms with Gasteiger partial charge in [0.2, 0.25) is 0 Å². The quantitative estimate of drug-likeness (QED) is 0.895. The molecular formula is C13H13FN4. The van der Waals surface area contributed by atoms with Gasteiger partial charge in [0, 0.05) is 7.05 Å². The zero-order valence-corrected chi connectivity index (χ0v) is 10.0. The van der Waals surface area contributed by atoms with Crippen molar-refractivity contribution in [2.24, 2.45) is 7.05 Å². The highest BCUT2D eigenvalue weighted by atomic mass is 19.1. The van der Waals surface area contributed by atoms with Crippen LogP contribution in [-0.4, -0.2) is 9.78 Å². The fourth-order valence-electron chi connectivity index (χ4n) is 1.81. The number of aryl methyl sites for hydroxylation is 3. The number of nitrogens with two attached hydrogens (primary N) is 1. The van der Waals surface area contributed by atoms with Gasteiger partial charge in [0.25, 0.3) is 0 Å². The average Bonchev–Trinajstić information content (AvgIpc) is 2.64. The van der Waals surface area contributed by atoms with Crippen LogP contribution in [0, 0.1) is 17.1 Å². The van der Waals surface area contributed by atoms with Crippen molar-refractivity contribution in [2.45, 2.75) is 12.8 Å². The third-order valence-electron chi connectivity index (χ3n) is 2.84. The van der Waals surface area contributed by atoms with Crippen molar-refractivity contribution in [3.05, 3.63) is 46.9 Å². The average molecular weight is 244 g/mol. The molecule has 0 aliphatic carbocycles. The Bertz CT molecular complexity index is 593. The van der Waals surface area contributed by atoms with Crippen LogP contribution in [0.2, 0.25) is 0 Å². The van der Waals surface area contributed by atoms with Gasteiger partial charge in [0.15, 0.2) is 0 Å². The molecular weight excluding hydrogens is 231 g/mol. The molecule has 0 aliphatic heterocycles. The SMILES string of the molecule is Cn1nc(CCc2ccc(F)cc2)c(C#N)c1N. The van der Waals surface area contributed by atoms with Crippen molar-refractivity contribution in [3.8, 4) is 6.07 Å². The smallest absolute Gasteiger partial charge is 0.139 e. The second kappa shape index (κ2) is 4.88. The number of rotatable bonds is 3. The lowest BCUT2D eigenvalue weighted by molar-refractivity contribution is 0.627. The van der Waals surface area contributed by atoms with Crippen LogP contribution in [0.25, 0.3) is 0 Å². The highest BCUT2D eigenvalue weighted by molar-refractivity contribution is 5.52. The molecule has 0 fully saturated rings. The normalized spacial score (nSPS) is 10.3. The van der Waals surface area contributed by atoms with Gasteiger partial charge in [-0.3, -0.25) is 4.68 Å². The molecule has 0 saturated carbocycles. The fourth-order valence-corrected chi connectivity index (χ4v) is 1.81. The summed E-state index contributed by atoms with van der Waals surface area (Å²) in [5.41, 5.74) is 7.85. The van der Waals surface area contributed by atoms with E-state index in [2.05, 4.69) is 11.2 Å². The van der Waals surface area contributed by atoms with E-state index in [-0.39, 0.29) is 5.82 Å². The summed E-state index contributed by atoms with van der Waals surface area (Å²) in [4.78, 5) is 0. The standard InChI is InChI=1S/C13H13FN4/c1-18-13(16)11(8-15)12(17-18)7-4-9-2-5-10(14)6-3-9/h2-3,5-6H,4,7,16H2,1H3. The number of benzene rings is 1. The molecule has 1 aromatic heterocycles. The molecule has 1 heterocycles. The molecule has 0 amide bonds. The van der Waals surface area contributed by atoms with E-state index < -0.39 is 0 Å². The van der Waals surface area contributed by atoms with Crippen LogP contribution in [0.15, 0.2) is 24.3 Å². The number of hydrogen-bond acceptors (Lipinski definition) is 3. The van der Waals surface area contributed by atoms with E-state index in [1.54, 1.807) is 19.2 Å². The maximum Gasteiger partial charge on any atom is 0.139 e. The van der Waals surface area contributed by atoms with Crippen LogP contribution < -0.4 is 5.73 Å². The molecule has 0 radical (unpaired) electrons. The minimum Gasteiger partial charge on any atom is -0.383 e. The lowest BCUT2D eigenvalue weighted by Crippen LogP contribution is -1.98. The number of nitrogen functional groups attached to an aromatic ring is 1. The minimum absolute atomic E-state index is 0.251. The predicted octanol–water partition coefficient (Wildman–Crippen LogP) is 1.80. The third kappa shape index (κ3) is 2.33. The Labute approximate surface area is 104 Å². The number of nitriles is 1. The van der Waals surface area contributed by atoms with E-state index in [1.165, 1.54) is 16.8 Å². The van der Waals surface area contributed by atoms with Crippen LogP contribution in [0.5, 0.6) is 0 Å². The summed E-state index contributed by atoms with van der Waals surface area (Å²) in [6.07, 6.45) is 1.31. The molecule has 2 aromatic rings. The Morgan fingerprint density at radius 1 is 1.33 bits per heavy atom. The van der Waals surface area contributed by atoms with Crippen molar-refractivity contribution < 1.29 is 4.39 Å². The first-order valence-electron chi connectivity index (χ1n) is 5.57. The molecule has 92 valence electrons. The first-order chi connectivity index (χ1) is 8.61. The van der Waals surface area contributed by atoms with Crippen LogP contribution in [0.1, 0.15) is 16.8 Å². The molecule has 18 heavy (non-hydrogen) atoms. The van der Waals surface area contributed by atoms with Crippen LogP contribution in [0.4, 0.5) is 10.2 Å². The van der Waals surface area contributed by atoms with Crippen molar-refractivity contribution in [1.82, 2.24) is 9.78 Å². The second-order valence-electron chi connectivity index (χ2n) is 4.07. The van der Waals surface area contributed by atoms with E-state index in [0.717, 1.165) is 5.56 Å². The maximum absolute atomic E-state index is 12.7. The monoisotopic (exact) mass is 244 g/mol. The molecule has 0 unspecified atom stereocenters. The maximum atomic E-state index is 12.7. The number of halogens is 1. The van der Waals surface area contributed by atoms with Crippen LogP contribution >= 0.6 is 0 Å². The van der Waals surface area contributed by atoms with Crippen molar-refractivity contribution in [1.29, 1.82) is 5.26 Å². The summed E-state index contributed by atoms with van der Waals surface area (Å²) in [5.74, 6) is 0.130. The minimum atomic E-state index is -0.251. The Hall–Kier alpha value is -2.35. The van der Waals surface area contributed by atoms with E-state index in [9.17, 15) is 4.39 Å². The Morgan fingerprint density at radius 3 is 2.61 bits per heavy atom. The molecule has 4 nitrogen and oxygen atoms in total. The Morgan fingerprint density at radius 2 is 2.00 bits per heavy atom. The van der Waals surface area contributed by atoms with E-state index >= 15 is 0 Å². The molecule has 5 heteroatoms. The molecule has 0 bridgehead atoms. The van der Waals surface area contributed by atoms with Crippen molar-refractivity contribution >= 4 is 5.82 Å². The molecule has 0 aliphatic rings. The first kappa shape index (κ1) is 12.1. The van der Waals surface area contributed by atoms with Gasteiger partial charge in [-0.05, 0) is 30.5 Å². The van der Waals surface area contributed by atoms with Crippen LogP contribution in [0.3, 0.4) is 0 Å².